The lowest BCUT2D eigenvalue weighted by Gasteiger charge is -2.12. The van der Waals surface area contributed by atoms with Gasteiger partial charge in [-0.2, -0.15) is 0 Å². The molecule has 0 aliphatic rings. The van der Waals surface area contributed by atoms with Gasteiger partial charge in [0, 0.05) is 21.2 Å². The molecule has 0 atom stereocenters. The van der Waals surface area contributed by atoms with Crippen LogP contribution in [-0.2, 0) is 0 Å². The van der Waals surface area contributed by atoms with Gasteiger partial charge in [-0.3, -0.25) is 14.9 Å². The van der Waals surface area contributed by atoms with Crippen LogP contribution in [0.15, 0.2) is 54.6 Å². The van der Waals surface area contributed by atoms with E-state index in [0.29, 0.717) is 27.1 Å². The van der Waals surface area contributed by atoms with Crippen molar-refractivity contribution < 1.29 is 29.0 Å². The number of ketones is 1. The van der Waals surface area contributed by atoms with E-state index in [2.05, 4.69) is 0 Å². The Labute approximate surface area is 192 Å². The van der Waals surface area contributed by atoms with Gasteiger partial charge in [-0.15, -0.1) is 11.3 Å². The molecule has 0 spiro atoms. The van der Waals surface area contributed by atoms with Crippen molar-refractivity contribution >= 4 is 32.9 Å². The van der Waals surface area contributed by atoms with E-state index in [1.54, 1.807) is 24.3 Å². The Morgan fingerprint density at radius 3 is 2.24 bits per heavy atom. The highest BCUT2D eigenvalue weighted by Gasteiger charge is 2.27. The summed E-state index contributed by atoms with van der Waals surface area (Å²) in [5.41, 5.74) is 0.667. The van der Waals surface area contributed by atoms with Crippen LogP contribution in [0.1, 0.15) is 15.9 Å². The second-order valence-electron chi connectivity index (χ2n) is 7.00. The normalized spacial score (nSPS) is 10.8. The van der Waals surface area contributed by atoms with Crippen molar-refractivity contribution in [3.05, 3.63) is 75.8 Å². The van der Waals surface area contributed by atoms with Gasteiger partial charge in [0.05, 0.1) is 42.8 Å². The van der Waals surface area contributed by atoms with Gasteiger partial charge >= 0.3 is 0 Å². The number of fused-ring (bicyclic) bond motifs is 1. The summed E-state index contributed by atoms with van der Waals surface area (Å²) in [7, 11) is 4.17. The number of benzene rings is 3. The van der Waals surface area contributed by atoms with Crippen molar-refractivity contribution in [1.82, 2.24) is 0 Å². The van der Waals surface area contributed by atoms with Crippen LogP contribution in [0.4, 0.5) is 5.69 Å². The van der Waals surface area contributed by atoms with E-state index in [-0.39, 0.29) is 34.3 Å². The highest BCUT2D eigenvalue weighted by Crippen LogP contribution is 2.45. The Morgan fingerprint density at radius 1 is 0.970 bits per heavy atom. The topological polar surface area (TPSA) is 108 Å². The second-order valence-corrected chi connectivity index (χ2v) is 8.05. The lowest BCUT2D eigenvalue weighted by molar-refractivity contribution is -0.384. The van der Waals surface area contributed by atoms with Crippen molar-refractivity contribution in [3.8, 4) is 33.4 Å². The van der Waals surface area contributed by atoms with E-state index in [0.717, 1.165) is 4.70 Å². The molecular formula is C24H19NO7S. The van der Waals surface area contributed by atoms with E-state index in [1.807, 2.05) is 12.1 Å². The molecule has 0 unspecified atom stereocenters. The number of ether oxygens (including phenoxy) is 3. The summed E-state index contributed by atoms with van der Waals surface area (Å²) in [6.45, 7) is 0. The SMILES string of the molecule is COc1ccc(-c2sc3ccccc3c2C(=O)c2cc(OC)c(O)c(OC)c2)c([N+](=O)[O-])c1. The summed E-state index contributed by atoms with van der Waals surface area (Å²) in [5.74, 6) is -0.113. The average Bonchev–Trinajstić information content (AvgIpc) is 3.22. The number of nitro benzene ring substituents is 1. The first-order valence-electron chi connectivity index (χ1n) is 9.73. The molecule has 168 valence electrons. The summed E-state index contributed by atoms with van der Waals surface area (Å²) in [6.07, 6.45) is 0. The lowest BCUT2D eigenvalue weighted by atomic mass is 9.96. The minimum absolute atomic E-state index is 0.0780. The number of aromatic hydroxyl groups is 1. The Balaban J connectivity index is 2.00. The van der Waals surface area contributed by atoms with E-state index in [4.69, 9.17) is 14.2 Å². The van der Waals surface area contributed by atoms with Gasteiger partial charge in [-0.05, 0) is 30.3 Å². The predicted molar refractivity (Wildman–Crippen MR) is 125 cm³/mol. The van der Waals surface area contributed by atoms with E-state index >= 15 is 0 Å². The monoisotopic (exact) mass is 465 g/mol. The van der Waals surface area contributed by atoms with Crippen LogP contribution in [0.2, 0.25) is 0 Å². The molecule has 4 rings (SSSR count). The van der Waals surface area contributed by atoms with Crippen LogP contribution in [-0.4, -0.2) is 37.1 Å². The van der Waals surface area contributed by atoms with Gasteiger partial charge in [0.15, 0.2) is 17.3 Å². The molecule has 0 fully saturated rings. The van der Waals surface area contributed by atoms with E-state index in [9.17, 15) is 20.0 Å². The smallest absolute Gasteiger partial charge is 0.281 e. The molecule has 0 radical (unpaired) electrons. The van der Waals surface area contributed by atoms with Crippen molar-refractivity contribution in [2.75, 3.05) is 21.3 Å². The number of phenolic OH excluding ortho intramolecular Hbond substituents is 1. The summed E-state index contributed by atoms with van der Waals surface area (Å²) < 4.78 is 16.3. The van der Waals surface area contributed by atoms with Gasteiger partial charge in [0.2, 0.25) is 5.75 Å². The van der Waals surface area contributed by atoms with Gasteiger partial charge in [-0.1, -0.05) is 18.2 Å². The van der Waals surface area contributed by atoms with Crippen LogP contribution < -0.4 is 14.2 Å². The highest BCUT2D eigenvalue weighted by atomic mass is 32.1. The van der Waals surface area contributed by atoms with Crippen LogP contribution in [0.25, 0.3) is 20.5 Å². The molecule has 3 aromatic carbocycles. The third-order valence-corrected chi connectivity index (χ3v) is 6.41. The fourth-order valence-electron chi connectivity index (χ4n) is 3.61. The first-order chi connectivity index (χ1) is 15.9. The fraction of sp³-hybridized carbons (Fsp3) is 0.125. The maximum absolute atomic E-state index is 13.8. The summed E-state index contributed by atoms with van der Waals surface area (Å²) in [5, 5.41) is 22.7. The largest absolute Gasteiger partial charge is 0.502 e. The minimum atomic E-state index is -0.497. The van der Waals surface area contributed by atoms with Crippen molar-refractivity contribution in [1.29, 1.82) is 0 Å². The van der Waals surface area contributed by atoms with Gasteiger partial charge in [0.1, 0.15) is 5.75 Å². The molecule has 1 heterocycles. The highest BCUT2D eigenvalue weighted by molar-refractivity contribution is 7.22. The first-order valence-corrected chi connectivity index (χ1v) is 10.5. The number of rotatable bonds is 7. The number of phenols is 1. The molecule has 33 heavy (non-hydrogen) atoms. The van der Waals surface area contributed by atoms with Crippen LogP contribution in [0.3, 0.4) is 0 Å². The molecule has 0 amide bonds. The molecule has 0 saturated heterocycles. The Bertz CT molecular complexity index is 1370. The van der Waals surface area contributed by atoms with Gasteiger partial charge in [-0.25, -0.2) is 0 Å². The fourth-order valence-corrected chi connectivity index (χ4v) is 4.84. The Morgan fingerprint density at radius 2 is 1.64 bits per heavy atom. The van der Waals surface area contributed by atoms with Crippen molar-refractivity contribution in [2.45, 2.75) is 0 Å². The minimum Gasteiger partial charge on any atom is -0.502 e. The van der Waals surface area contributed by atoms with Gasteiger partial charge in [0.25, 0.3) is 5.69 Å². The summed E-state index contributed by atoms with van der Waals surface area (Å²) in [6, 6.07) is 14.7. The first kappa shape index (κ1) is 22.1. The van der Waals surface area contributed by atoms with Crippen molar-refractivity contribution in [2.24, 2.45) is 0 Å². The molecule has 0 aliphatic heterocycles. The maximum Gasteiger partial charge on any atom is 0.281 e. The number of carbonyl (C=O) groups is 1. The number of hydrogen-bond acceptors (Lipinski definition) is 8. The molecular weight excluding hydrogens is 446 g/mol. The quantitative estimate of drug-likeness (QED) is 0.220. The second kappa shape index (κ2) is 8.79. The third kappa shape index (κ3) is 3.83. The van der Waals surface area contributed by atoms with Gasteiger partial charge < -0.3 is 19.3 Å². The van der Waals surface area contributed by atoms with Crippen LogP contribution >= 0.6 is 11.3 Å². The average molecular weight is 465 g/mol. The molecule has 8 nitrogen and oxygen atoms in total. The number of methoxy groups -OCH3 is 3. The summed E-state index contributed by atoms with van der Waals surface area (Å²) >= 11 is 1.29. The predicted octanol–water partition coefficient (Wildman–Crippen LogP) is 5.44. The number of thiophene rings is 1. The standard InChI is InChI=1S/C24H19NO7S/c1-30-14-8-9-15(17(12-14)25(28)29)24-21(16-6-4-5-7-20(16)33-24)22(26)13-10-18(31-2)23(27)19(11-13)32-3/h4-12,27H,1-3H3. The van der Waals surface area contributed by atoms with Crippen molar-refractivity contribution in [3.63, 3.8) is 0 Å². The Hall–Kier alpha value is -4.11. The molecule has 9 heteroatoms. The molecule has 0 bridgehead atoms. The van der Waals surface area contributed by atoms with E-state index < -0.39 is 4.92 Å². The zero-order valence-corrected chi connectivity index (χ0v) is 18.8. The van der Waals surface area contributed by atoms with E-state index in [1.165, 1.54) is 50.9 Å². The molecule has 0 saturated carbocycles. The van der Waals surface area contributed by atoms with Crippen LogP contribution in [0, 0.1) is 10.1 Å². The third-order valence-electron chi connectivity index (χ3n) is 5.21. The molecule has 0 aliphatic carbocycles. The number of hydrogen-bond donors (Lipinski definition) is 1. The Kier molecular flexibility index (Phi) is 5.89. The molecule has 4 aromatic rings. The zero-order valence-electron chi connectivity index (χ0n) is 17.9. The summed E-state index contributed by atoms with van der Waals surface area (Å²) in [4.78, 5) is 25.6. The molecule has 1 aromatic heterocycles. The van der Waals surface area contributed by atoms with Crippen LogP contribution in [0.5, 0.6) is 23.0 Å². The number of carbonyl (C=O) groups excluding carboxylic acids is 1. The number of nitrogens with zero attached hydrogens (tertiary/aromatic N) is 1. The zero-order chi connectivity index (χ0) is 23.7. The molecule has 1 N–H and O–H groups in total. The number of nitro groups is 1. The lowest BCUT2D eigenvalue weighted by Crippen LogP contribution is -2.04. The maximum atomic E-state index is 13.8.